The van der Waals surface area contributed by atoms with Crippen molar-refractivity contribution >= 4 is 23.0 Å². The lowest BCUT2D eigenvalue weighted by molar-refractivity contribution is 0.0996. The van der Waals surface area contributed by atoms with E-state index in [0.29, 0.717) is 5.69 Å². The molecule has 0 spiro atoms. The topological polar surface area (TPSA) is 74.5 Å². The van der Waals surface area contributed by atoms with Crippen molar-refractivity contribution in [3.8, 4) is 0 Å². The van der Waals surface area contributed by atoms with Gasteiger partial charge in [-0.1, -0.05) is 30.3 Å². The molecule has 31 heavy (non-hydrogen) atoms. The molecule has 2 aromatic carbocycles. The third-order valence-electron chi connectivity index (χ3n) is 5.75. The number of anilines is 3. The van der Waals surface area contributed by atoms with E-state index < -0.39 is 5.91 Å². The highest BCUT2D eigenvalue weighted by molar-refractivity contribution is 5.97. The first-order valence-corrected chi connectivity index (χ1v) is 10.6. The number of aryl methyl sites for hydroxylation is 1. The Morgan fingerprint density at radius 3 is 2.45 bits per heavy atom. The first kappa shape index (κ1) is 20.9. The molecule has 2 heterocycles. The van der Waals surface area contributed by atoms with Crippen molar-refractivity contribution < 1.29 is 4.79 Å². The molecular formula is C25H29N5O. The third kappa shape index (κ3) is 5.03. The van der Waals surface area contributed by atoms with Gasteiger partial charge in [-0.2, -0.15) is 0 Å². The molecule has 0 unspecified atom stereocenters. The SMILES string of the molecule is Cc1cc(Nc2cc(Cc3ccccc3)cnc2C(N)=O)ccc1N1CCN(C)CC1. The van der Waals surface area contributed by atoms with Gasteiger partial charge >= 0.3 is 0 Å². The van der Waals surface area contributed by atoms with E-state index in [-0.39, 0.29) is 5.69 Å². The molecule has 4 rings (SSSR count). The van der Waals surface area contributed by atoms with Crippen LogP contribution in [0.4, 0.5) is 17.1 Å². The van der Waals surface area contributed by atoms with Crippen LogP contribution in [0.2, 0.25) is 0 Å². The number of piperazine rings is 1. The van der Waals surface area contributed by atoms with Crippen LogP contribution in [0.15, 0.2) is 60.8 Å². The highest BCUT2D eigenvalue weighted by Gasteiger charge is 2.17. The Labute approximate surface area is 183 Å². The van der Waals surface area contributed by atoms with Crippen LogP contribution in [0.3, 0.4) is 0 Å². The molecule has 1 amide bonds. The Hall–Kier alpha value is -3.38. The molecule has 0 aliphatic carbocycles. The van der Waals surface area contributed by atoms with Gasteiger partial charge in [0, 0.05) is 43.8 Å². The maximum Gasteiger partial charge on any atom is 0.269 e. The summed E-state index contributed by atoms with van der Waals surface area (Å²) in [5, 5.41) is 3.37. The Balaban J connectivity index is 1.56. The second-order valence-corrected chi connectivity index (χ2v) is 8.18. The zero-order valence-electron chi connectivity index (χ0n) is 18.1. The van der Waals surface area contributed by atoms with Gasteiger partial charge in [-0.05, 0) is 61.3 Å². The number of pyridine rings is 1. The van der Waals surface area contributed by atoms with Crippen molar-refractivity contribution in [1.82, 2.24) is 9.88 Å². The number of nitrogens with two attached hydrogens (primary N) is 1. The van der Waals surface area contributed by atoms with Gasteiger partial charge in [0.2, 0.25) is 0 Å². The summed E-state index contributed by atoms with van der Waals surface area (Å²) in [6.07, 6.45) is 2.46. The van der Waals surface area contributed by atoms with E-state index in [2.05, 4.69) is 64.4 Å². The molecule has 1 fully saturated rings. The predicted molar refractivity (Wildman–Crippen MR) is 126 cm³/mol. The number of aromatic nitrogens is 1. The summed E-state index contributed by atoms with van der Waals surface area (Å²) in [4.78, 5) is 21.1. The fourth-order valence-corrected chi connectivity index (χ4v) is 4.02. The molecule has 3 aromatic rings. The van der Waals surface area contributed by atoms with E-state index in [9.17, 15) is 4.79 Å². The normalized spacial score (nSPS) is 14.5. The number of likely N-dealkylation sites (N-methyl/N-ethyl adjacent to an activating group) is 1. The molecule has 0 saturated carbocycles. The van der Waals surface area contributed by atoms with Crippen molar-refractivity contribution in [3.05, 3.63) is 83.2 Å². The average Bonchev–Trinajstić information content (AvgIpc) is 2.75. The minimum absolute atomic E-state index is 0.248. The maximum atomic E-state index is 11.9. The number of nitrogens with zero attached hydrogens (tertiary/aromatic N) is 3. The third-order valence-corrected chi connectivity index (χ3v) is 5.75. The van der Waals surface area contributed by atoms with Crippen molar-refractivity contribution in [3.63, 3.8) is 0 Å². The van der Waals surface area contributed by atoms with Crippen LogP contribution < -0.4 is 16.0 Å². The van der Waals surface area contributed by atoms with E-state index in [4.69, 9.17) is 5.73 Å². The van der Waals surface area contributed by atoms with Gasteiger partial charge in [0.1, 0.15) is 0 Å². The van der Waals surface area contributed by atoms with Gasteiger partial charge in [0.25, 0.3) is 5.91 Å². The molecule has 0 radical (unpaired) electrons. The minimum Gasteiger partial charge on any atom is -0.369 e. The second kappa shape index (κ2) is 9.18. The smallest absolute Gasteiger partial charge is 0.269 e. The molecule has 3 N–H and O–H groups in total. The number of benzene rings is 2. The maximum absolute atomic E-state index is 11.9. The van der Waals surface area contributed by atoms with E-state index >= 15 is 0 Å². The van der Waals surface area contributed by atoms with Crippen LogP contribution in [0.1, 0.15) is 27.2 Å². The minimum atomic E-state index is -0.542. The van der Waals surface area contributed by atoms with Gasteiger partial charge in [0.15, 0.2) is 5.69 Å². The van der Waals surface area contributed by atoms with Gasteiger partial charge in [0.05, 0.1) is 5.69 Å². The number of amides is 1. The van der Waals surface area contributed by atoms with Crippen LogP contribution in [-0.4, -0.2) is 49.0 Å². The van der Waals surface area contributed by atoms with Crippen LogP contribution >= 0.6 is 0 Å². The van der Waals surface area contributed by atoms with Crippen molar-refractivity contribution in [2.45, 2.75) is 13.3 Å². The number of carbonyl (C=O) groups is 1. The molecule has 1 aliphatic heterocycles. The fourth-order valence-electron chi connectivity index (χ4n) is 4.02. The summed E-state index contributed by atoms with van der Waals surface area (Å²) < 4.78 is 0. The Kier molecular flexibility index (Phi) is 6.18. The summed E-state index contributed by atoms with van der Waals surface area (Å²) in [5.41, 5.74) is 12.0. The largest absolute Gasteiger partial charge is 0.369 e. The summed E-state index contributed by atoms with van der Waals surface area (Å²) in [7, 11) is 2.16. The highest BCUT2D eigenvalue weighted by atomic mass is 16.1. The van der Waals surface area contributed by atoms with Gasteiger partial charge < -0.3 is 20.9 Å². The Morgan fingerprint density at radius 2 is 1.77 bits per heavy atom. The Morgan fingerprint density at radius 1 is 1.03 bits per heavy atom. The molecule has 1 saturated heterocycles. The lowest BCUT2D eigenvalue weighted by Gasteiger charge is -2.35. The van der Waals surface area contributed by atoms with Crippen LogP contribution in [0, 0.1) is 6.92 Å². The van der Waals surface area contributed by atoms with E-state index in [1.807, 2.05) is 24.3 Å². The molecule has 0 atom stereocenters. The molecule has 1 aliphatic rings. The summed E-state index contributed by atoms with van der Waals surface area (Å²) >= 11 is 0. The van der Waals surface area contributed by atoms with Crippen LogP contribution in [0.5, 0.6) is 0 Å². The number of nitrogens with one attached hydrogen (secondary N) is 1. The average molecular weight is 416 g/mol. The molecule has 0 bridgehead atoms. The summed E-state index contributed by atoms with van der Waals surface area (Å²) in [6, 6.07) is 18.5. The quantitative estimate of drug-likeness (QED) is 0.644. The lowest BCUT2D eigenvalue weighted by Crippen LogP contribution is -2.44. The summed E-state index contributed by atoms with van der Waals surface area (Å²) in [5.74, 6) is -0.542. The van der Waals surface area contributed by atoms with Crippen LogP contribution in [0.25, 0.3) is 0 Å². The van der Waals surface area contributed by atoms with E-state index in [1.54, 1.807) is 6.20 Å². The number of primary amides is 1. The second-order valence-electron chi connectivity index (χ2n) is 8.18. The van der Waals surface area contributed by atoms with Crippen molar-refractivity contribution in [2.24, 2.45) is 5.73 Å². The van der Waals surface area contributed by atoms with Gasteiger partial charge in [-0.15, -0.1) is 0 Å². The van der Waals surface area contributed by atoms with Crippen LogP contribution in [-0.2, 0) is 6.42 Å². The Bertz CT molecular complexity index is 1060. The van der Waals surface area contributed by atoms with E-state index in [0.717, 1.165) is 43.9 Å². The number of carbonyl (C=O) groups excluding carboxylic acids is 1. The molecule has 1 aromatic heterocycles. The number of rotatable bonds is 6. The molecule has 6 heteroatoms. The number of hydrogen-bond acceptors (Lipinski definition) is 5. The fraction of sp³-hybridized carbons (Fsp3) is 0.280. The molecule has 160 valence electrons. The standard InChI is InChI=1S/C25H29N5O/c1-18-14-21(8-9-23(18)30-12-10-29(2)11-13-30)28-22-16-20(17-27-24(22)25(26)31)15-19-6-4-3-5-7-19/h3-9,14,16-17,28H,10-13,15H2,1-2H3,(H2,26,31). The van der Waals surface area contributed by atoms with Gasteiger partial charge in [-0.3, -0.25) is 4.79 Å². The molecular weight excluding hydrogens is 386 g/mol. The lowest BCUT2D eigenvalue weighted by atomic mass is 10.1. The highest BCUT2D eigenvalue weighted by Crippen LogP contribution is 2.28. The first-order valence-electron chi connectivity index (χ1n) is 10.6. The van der Waals surface area contributed by atoms with E-state index in [1.165, 1.54) is 16.8 Å². The van der Waals surface area contributed by atoms with Gasteiger partial charge in [-0.25, -0.2) is 4.98 Å². The van der Waals surface area contributed by atoms with Crippen molar-refractivity contribution in [1.29, 1.82) is 0 Å². The molecule has 6 nitrogen and oxygen atoms in total. The monoisotopic (exact) mass is 415 g/mol. The zero-order valence-corrected chi connectivity index (χ0v) is 18.1. The zero-order chi connectivity index (χ0) is 21.8. The summed E-state index contributed by atoms with van der Waals surface area (Å²) in [6.45, 7) is 6.32. The predicted octanol–water partition coefficient (Wildman–Crippen LogP) is 3.58. The first-order chi connectivity index (χ1) is 15.0. The van der Waals surface area contributed by atoms with Crippen molar-refractivity contribution in [2.75, 3.05) is 43.4 Å². The number of hydrogen-bond donors (Lipinski definition) is 2.